The van der Waals surface area contributed by atoms with Crippen LogP contribution in [0, 0.1) is 0 Å². The lowest BCUT2D eigenvalue weighted by atomic mass is 10.3. The summed E-state index contributed by atoms with van der Waals surface area (Å²) in [4.78, 5) is 0. The third-order valence-corrected chi connectivity index (χ3v) is 1.88. The Labute approximate surface area is 82.2 Å². The molecule has 0 saturated heterocycles. The van der Waals surface area contributed by atoms with Gasteiger partial charge in [0.25, 0.3) is 0 Å². The van der Waals surface area contributed by atoms with Crippen molar-refractivity contribution in [3.63, 3.8) is 0 Å². The molecule has 0 aromatic heterocycles. The van der Waals surface area contributed by atoms with Crippen LogP contribution in [0.3, 0.4) is 0 Å². The van der Waals surface area contributed by atoms with Gasteiger partial charge in [0.1, 0.15) is 0 Å². The molecule has 0 bridgehead atoms. The predicted molar refractivity (Wildman–Crippen MR) is 57.1 cm³/mol. The molecule has 0 radical (unpaired) electrons. The Morgan fingerprint density at radius 1 is 1.00 bits per heavy atom. The largest absolute Gasteiger partial charge is 0.382 e. The molecule has 0 spiro atoms. The number of hydrogen-bond acceptors (Lipinski definition) is 3. The Hall–Kier alpha value is -0.120. The van der Waals surface area contributed by atoms with E-state index >= 15 is 0 Å². The van der Waals surface area contributed by atoms with Gasteiger partial charge in [-0.15, -0.1) is 0 Å². The van der Waals surface area contributed by atoms with Crippen molar-refractivity contribution in [2.75, 3.05) is 39.9 Å². The van der Waals surface area contributed by atoms with Crippen LogP contribution in [0.4, 0.5) is 0 Å². The van der Waals surface area contributed by atoms with Crippen molar-refractivity contribution in [3.8, 4) is 0 Å². The van der Waals surface area contributed by atoms with Crippen molar-refractivity contribution in [1.82, 2.24) is 10.6 Å². The Bertz CT molecular complexity index is 79.0. The maximum Gasteiger partial charge on any atom is 0.0477 e. The molecule has 0 heterocycles. The molecule has 0 rings (SSSR count). The Morgan fingerprint density at radius 3 is 2.38 bits per heavy atom. The van der Waals surface area contributed by atoms with Gasteiger partial charge in [-0.25, -0.2) is 0 Å². The van der Waals surface area contributed by atoms with E-state index in [0.29, 0.717) is 0 Å². The molecule has 0 aliphatic carbocycles. The van der Waals surface area contributed by atoms with E-state index < -0.39 is 0 Å². The van der Waals surface area contributed by atoms with E-state index in [2.05, 4.69) is 10.6 Å². The number of hydrogen-bond donors (Lipinski definition) is 2. The summed E-state index contributed by atoms with van der Waals surface area (Å²) in [6.07, 6.45) is 3.64. The highest BCUT2D eigenvalue weighted by molar-refractivity contribution is 4.49. The zero-order valence-electron chi connectivity index (χ0n) is 9.07. The Balaban J connectivity index is 2.76. The first-order valence-corrected chi connectivity index (χ1v) is 5.35. The van der Waals surface area contributed by atoms with Gasteiger partial charge in [-0.2, -0.15) is 0 Å². The number of rotatable bonds is 10. The minimum absolute atomic E-state index is 0.835. The van der Waals surface area contributed by atoms with E-state index in [0.717, 1.165) is 39.3 Å². The molecule has 0 aromatic carbocycles. The molecule has 0 aliphatic rings. The van der Waals surface area contributed by atoms with Crippen molar-refractivity contribution in [2.24, 2.45) is 0 Å². The van der Waals surface area contributed by atoms with E-state index in [1.807, 2.05) is 14.0 Å². The van der Waals surface area contributed by atoms with Gasteiger partial charge in [0.2, 0.25) is 0 Å². The van der Waals surface area contributed by atoms with Gasteiger partial charge in [-0.05, 0) is 52.9 Å². The van der Waals surface area contributed by atoms with Gasteiger partial charge in [0.15, 0.2) is 0 Å². The molecular weight excluding hydrogens is 164 g/mol. The summed E-state index contributed by atoms with van der Waals surface area (Å²) >= 11 is 0. The second-order valence-electron chi connectivity index (χ2n) is 3.11. The van der Waals surface area contributed by atoms with Crippen LogP contribution in [0.2, 0.25) is 0 Å². The summed E-state index contributed by atoms with van der Waals surface area (Å²) in [5.41, 5.74) is 0. The van der Waals surface area contributed by atoms with Crippen LogP contribution >= 0.6 is 0 Å². The summed E-state index contributed by atoms with van der Waals surface area (Å²) in [7, 11) is 2.00. The average molecular weight is 188 g/mol. The van der Waals surface area contributed by atoms with E-state index in [9.17, 15) is 0 Å². The van der Waals surface area contributed by atoms with Gasteiger partial charge in [0.05, 0.1) is 0 Å². The number of nitrogens with one attached hydrogen (secondary N) is 2. The normalized spacial score (nSPS) is 10.6. The first kappa shape index (κ1) is 12.9. The summed E-state index contributed by atoms with van der Waals surface area (Å²) in [6, 6.07) is 0. The first-order chi connectivity index (χ1) is 6.41. The minimum atomic E-state index is 0.835. The van der Waals surface area contributed by atoms with Gasteiger partial charge < -0.3 is 15.4 Å². The van der Waals surface area contributed by atoms with Crippen LogP contribution in [0.5, 0.6) is 0 Å². The van der Waals surface area contributed by atoms with Crippen molar-refractivity contribution >= 4 is 0 Å². The van der Waals surface area contributed by atoms with Crippen molar-refractivity contribution in [3.05, 3.63) is 0 Å². The monoisotopic (exact) mass is 188 g/mol. The summed E-state index contributed by atoms with van der Waals surface area (Å²) in [5.74, 6) is 0. The van der Waals surface area contributed by atoms with Crippen LogP contribution in [0.25, 0.3) is 0 Å². The molecule has 80 valence electrons. The third kappa shape index (κ3) is 11.9. The summed E-state index contributed by atoms with van der Waals surface area (Å²) in [5, 5.41) is 6.53. The van der Waals surface area contributed by atoms with Crippen LogP contribution in [0.15, 0.2) is 0 Å². The highest BCUT2D eigenvalue weighted by atomic mass is 16.5. The fraction of sp³-hybridized carbons (Fsp3) is 1.00. The second kappa shape index (κ2) is 11.9. The molecule has 0 unspecified atom stereocenters. The second-order valence-corrected chi connectivity index (χ2v) is 3.11. The molecule has 0 atom stereocenters. The van der Waals surface area contributed by atoms with Gasteiger partial charge in [-0.1, -0.05) is 0 Å². The Kier molecular flexibility index (Phi) is 11.8. The smallest absolute Gasteiger partial charge is 0.0477 e. The lowest BCUT2D eigenvalue weighted by Gasteiger charge is -2.04. The lowest BCUT2D eigenvalue weighted by Crippen LogP contribution is -2.19. The summed E-state index contributed by atoms with van der Waals surface area (Å²) < 4.78 is 5.23. The summed E-state index contributed by atoms with van der Waals surface area (Å²) in [6.45, 7) is 7.10. The van der Waals surface area contributed by atoms with Gasteiger partial charge in [0, 0.05) is 13.2 Å². The maximum absolute atomic E-state index is 5.23. The highest BCUT2D eigenvalue weighted by Gasteiger charge is 1.88. The zero-order chi connectivity index (χ0) is 9.78. The first-order valence-electron chi connectivity index (χ1n) is 5.35. The SMILES string of the molecule is CCOCCCNCCCCNC. The minimum Gasteiger partial charge on any atom is -0.382 e. The molecular formula is C10H24N2O. The Morgan fingerprint density at radius 2 is 1.69 bits per heavy atom. The average Bonchev–Trinajstić information content (AvgIpc) is 2.16. The van der Waals surface area contributed by atoms with Crippen molar-refractivity contribution in [2.45, 2.75) is 26.2 Å². The highest BCUT2D eigenvalue weighted by Crippen LogP contribution is 1.85. The van der Waals surface area contributed by atoms with Crippen LogP contribution in [-0.2, 0) is 4.74 Å². The lowest BCUT2D eigenvalue weighted by molar-refractivity contribution is 0.145. The quantitative estimate of drug-likeness (QED) is 0.502. The van der Waals surface area contributed by atoms with Gasteiger partial charge >= 0.3 is 0 Å². The maximum atomic E-state index is 5.23. The predicted octanol–water partition coefficient (Wildman–Crippen LogP) is 1.00. The molecule has 0 aliphatic heterocycles. The van der Waals surface area contributed by atoms with Crippen LogP contribution in [0.1, 0.15) is 26.2 Å². The fourth-order valence-corrected chi connectivity index (χ4v) is 1.12. The van der Waals surface area contributed by atoms with Crippen molar-refractivity contribution in [1.29, 1.82) is 0 Å². The van der Waals surface area contributed by atoms with E-state index in [4.69, 9.17) is 4.74 Å². The topological polar surface area (TPSA) is 33.3 Å². The molecule has 0 amide bonds. The van der Waals surface area contributed by atoms with Crippen LogP contribution < -0.4 is 10.6 Å². The molecule has 3 heteroatoms. The van der Waals surface area contributed by atoms with Crippen molar-refractivity contribution < 1.29 is 4.74 Å². The zero-order valence-corrected chi connectivity index (χ0v) is 9.07. The number of unbranched alkanes of at least 4 members (excludes halogenated alkanes) is 1. The van der Waals surface area contributed by atoms with Crippen LogP contribution in [-0.4, -0.2) is 39.9 Å². The molecule has 3 nitrogen and oxygen atoms in total. The molecule has 13 heavy (non-hydrogen) atoms. The van der Waals surface area contributed by atoms with E-state index in [1.54, 1.807) is 0 Å². The van der Waals surface area contributed by atoms with E-state index in [-0.39, 0.29) is 0 Å². The third-order valence-electron chi connectivity index (χ3n) is 1.88. The standard InChI is InChI=1S/C10H24N2O/c1-3-13-10-6-9-12-8-5-4-7-11-2/h11-12H,3-10H2,1-2H3. The molecule has 2 N–H and O–H groups in total. The fourth-order valence-electron chi connectivity index (χ4n) is 1.12. The van der Waals surface area contributed by atoms with E-state index in [1.165, 1.54) is 12.8 Å². The molecule has 0 aromatic rings. The molecule has 0 fully saturated rings. The van der Waals surface area contributed by atoms with Gasteiger partial charge in [-0.3, -0.25) is 0 Å². The number of ether oxygens (including phenoxy) is 1. The molecule has 0 saturated carbocycles.